The summed E-state index contributed by atoms with van der Waals surface area (Å²) < 4.78 is 32.0. The lowest BCUT2D eigenvalue weighted by Crippen LogP contribution is -2.37. The number of amides is 1. The van der Waals surface area contributed by atoms with Gasteiger partial charge in [-0.15, -0.1) is 0 Å². The van der Waals surface area contributed by atoms with E-state index in [0.29, 0.717) is 19.0 Å². The van der Waals surface area contributed by atoms with Crippen molar-refractivity contribution in [1.29, 1.82) is 0 Å². The van der Waals surface area contributed by atoms with Crippen molar-refractivity contribution in [3.05, 3.63) is 29.8 Å². The predicted molar refractivity (Wildman–Crippen MR) is 97.2 cm³/mol. The molecule has 0 aromatic heterocycles. The molecule has 0 saturated carbocycles. The van der Waals surface area contributed by atoms with Gasteiger partial charge in [-0.05, 0) is 49.9 Å². The number of piperidine rings is 1. The maximum atomic E-state index is 12.7. The van der Waals surface area contributed by atoms with E-state index in [4.69, 9.17) is 4.74 Å². The number of hydrogen-bond acceptors (Lipinski definition) is 5. The smallest absolute Gasteiger partial charge is 0.338 e. The van der Waals surface area contributed by atoms with Gasteiger partial charge >= 0.3 is 5.97 Å². The molecule has 1 saturated heterocycles. The van der Waals surface area contributed by atoms with E-state index in [1.165, 1.54) is 40.4 Å². The van der Waals surface area contributed by atoms with Crippen LogP contribution in [0.4, 0.5) is 0 Å². The lowest BCUT2D eigenvalue weighted by atomic mass is 10.0. The maximum absolute atomic E-state index is 12.7. The number of likely N-dealkylation sites (N-methyl/N-ethyl adjacent to an activating group) is 1. The fourth-order valence-electron chi connectivity index (χ4n) is 2.78. The number of ether oxygens (including phenoxy) is 1. The van der Waals surface area contributed by atoms with Crippen LogP contribution in [0.25, 0.3) is 0 Å². The highest BCUT2D eigenvalue weighted by Gasteiger charge is 2.28. The van der Waals surface area contributed by atoms with Crippen LogP contribution in [0, 0.1) is 5.92 Å². The number of esters is 1. The molecule has 0 bridgehead atoms. The van der Waals surface area contributed by atoms with Crippen molar-refractivity contribution < 1.29 is 22.7 Å². The molecular formula is C18H26N2O5S. The summed E-state index contributed by atoms with van der Waals surface area (Å²) in [6, 6.07) is 5.63. The first kappa shape index (κ1) is 20.4. The van der Waals surface area contributed by atoms with Crippen LogP contribution in [-0.2, 0) is 19.6 Å². The van der Waals surface area contributed by atoms with Crippen LogP contribution in [0.1, 0.15) is 37.0 Å². The van der Waals surface area contributed by atoms with Crippen LogP contribution in [0.5, 0.6) is 0 Å². The quantitative estimate of drug-likeness (QED) is 0.725. The Labute approximate surface area is 155 Å². The van der Waals surface area contributed by atoms with E-state index in [-0.39, 0.29) is 16.4 Å². The minimum absolute atomic E-state index is 0.154. The second-order valence-electron chi connectivity index (χ2n) is 6.89. The SMILES string of the molecule is CC1CCN(S(=O)(=O)c2ccc(C(=O)O[C@@H](C)C(=O)N(C)C)cc2)CC1. The van der Waals surface area contributed by atoms with Crippen molar-refractivity contribution in [2.45, 2.75) is 37.7 Å². The van der Waals surface area contributed by atoms with E-state index in [1.807, 2.05) is 0 Å². The zero-order chi connectivity index (χ0) is 19.5. The van der Waals surface area contributed by atoms with E-state index in [9.17, 15) is 18.0 Å². The highest BCUT2D eigenvalue weighted by molar-refractivity contribution is 7.89. The molecular weight excluding hydrogens is 356 g/mol. The minimum atomic E-state index is -3.56. The molecule has 1 atom stereocenters. The van der Waals surface area contributed by atoms with Crippen molar-refractivity contribution in [3.8, 4) is 0 Å². The van der Waals surface area contributed by atoms with Crippen molar-refractivity contribution in [2.75, 3.05) is 27.2 Å². The standard InChI is InChI=1S/C18H26N2O5S/c1-13-9-11-20(12-10-13)26(23,24)16-7-5-15(6-8-16)18(22)25-14(2)17(21)19(3)4/h5-8,13-14H,9-12H2,1-4H3/t14-/m0/s1. The summed E-state index contributed by atoms with van der Waals surface area (Å²) in [7, 11) is -0.401. The number of nitrogens with zero attached hydrogens (tertiary/aromatic N) is 2. The lowest BCUT2D eigenvalue weighted by Gasteiger charge is -2.29. The Hall–Kier alpha value is -1.93. The van der Waals surface area contributed by atoms with Gasteiger partial charge in [-0.1, -0.05) is 6.92 Å². The van der Waals surface area contributed by atoms with Gasteiger partial charge in [-0.3, -0.25) is 4.79 Å². The number of carbonyl (C=O) groups excluding carboxylic acids is 2. The Balaban J connectivity index is 2.07. The Morgan fingerprint density at radius 2 is 1.69 bits per heavy atom. The summed E-state index contributed by atoms with van der Waals surface area (Å²) in [4.78, 5) is 25.4. The van der Waals surface area contributed by atoms with Crippen LogP contribution in [-0.4, -0.2) is 62.8 Å². The predicted octanol–water partition coefficient (Wildman–Crippen LogP) is 1.74. The van der Waals surface area contributed by atoms with Gasteiger partial charge in [-0.2, -0.15) is 4.31 Å². The monoisotopic (exact) mass is 382 g/mol. The molecule has 1 aromatic rings. The molecule has 1 fully saturated rings. The molecule has 7 nitrogen and oxygen atoms in total. The highest BCUT2D eigenvalue weighted by Crippen LogP contribution is 2.23. The van der Waals surface area contributed by atoms with E-state index >= 15 is 0 Å². The van der Waals surface area contributed by atoms with Gasteiger partial charge in [0.15, 0.2) is 6.10 Å². The first-order chi connectivity index (χ1) is 12.1. The van der Waals surface area contributed by atoms with E-state index in [0.717, 1.165) is 12.8 Å². The zero-order valence-electron chi connectivity index (χ0n) is 15.6. The third kappa shape index (κ3) is 4.62. The molecule has 1 amide bonds. The van der Waals surface area contributed by atoms with Crippen LogP contribution >= 0.6 is 0 Å². The lowest BCUT2D eigenvalue weighted by molar-refractivity contribution is -0.137. The summed E-state index contributed by atoms with van der Waals surface area (Å²) in [6.07, 6.45) is 0.791. The van der Waals surface area contributed by atoms with Crippen LogP contribution in [0.3, 0.4) is 0 Å². The molecule has 8 heteroatoms. The molecule has 26 heavy (non-hydrogen) atoms. The third-order valence-corrected chi connectivity index (χ3v) is 6.46. The van der Waals surface area contributed by atoms with E-state index in [1.54, 1.807) is 14.1 Å². The molecule has 1 aliphatic heterocycles. The minimum Gasteiger partial charge on any atom is -0.449 e. The topological polar surface area (TPSA) is 84.0 Å². The van der Waals surface area contributed by atoms with Gasteiger partial charge in [-0.25, -0.2) is 13.2 Å². The van der Waals surface area contributed by atoms with Crippen molar-refractivity contribution in [3.63, 3.8) is 0 Å². The number of sulfonamides is 1. The Kier molecular flexibility index (Phi) is 6.41. The molecule has 0 spiro atoms. The summed E-state index contributed by atoms with van der Waals surface area (Å²) in [5, 5.41) is 0. The van der Waals surface area contributed by atoms with E-state index < -0.39 is 22.1 Å². The molecule has 0 radical (unpaired) electrons. The number of rotatable bonds is 5. The first-order valence-corrected chi connectivity index (χ1v) is 10.1. The number of carbonyl (C=O) groups is 2. The molecule has 1 aromatic carbocycles. The van der Waals surface area contributed by atoms with Crippen molar-refractivity contribution >= 4 is 21.9 Å². The number of benzene rings is 1. The molecule has 0 N–H and O–H groups in total. The van der Waals surface area contributed by atoms with Crippen molar-refractivity contribution in [1.82, 2.24) is 9.21 Å². The number of hydrogen-bond donors (Lipinski definition) is 0. The summed E-state index contributed by atoms with van der Waals surface area (Å²) in [5.41, 5.74) is 0.203. The highest BCUT2D eigenvalue weighted by atomic mass is 32.2. The molecule has 1 aliphatic rings. The van der Waals surface area contributed by atoms with Crippen LogP contribution in [0.2, 0.25) is 0 Å². The van der Waals surface area contributed by atoms with Gasteiger partial charge < -0.3 is 9.64 Å². The normalized spacial score (nSPS) is 17.5. The van der Waals surface area contributed by atoms with Gasteiger partial charge in [0.25, 0.3) is 5.91 Å². The van der Waals surface area contributed by atoms with Gasteiger partial charge in [0.1, 0.15) is 0 Å². The Bertz CT molecular complexity index is 750. The molecule has 0 unspecified atom stereocenters. The molecule has 144 valence electrons. The fourth-order valence-corrected chi connectivity index (χ4v) is 4.25. The summed E-state index contributed by atoms with van der Waals surface area (Å²) in [5.74, 6) is -0.453. The Morgan fingerprint density at radius 1 is 1.15 bits per heavy atom. The van der Waals surface area contributed by atoms with Crippen LogP contribution < -0.4 is 0 Å². The van der Waals surface area contributed by atoms with Gasteiger partial charge in [0.05, 0.1) is 10.5 Å². The average Bonchev–Trinajstić information content (AvgIpc) is 2.61. The molecule has 1 heterocycles. The first-order valence-electron chi connectivity index (χ1n) is 8.65. The summed E-state index contributed by atoms with van der Waals surface area (Å²) >= 11 is 0. The Morgan fingerprint density at radius 3 is 2.19 bits per heavy atom. The van der Waals surface area contributed by atoms with Crippen molar-refractivity contribution in [2.24, 2.45) is 5.92 Å². The van der Waals surface area contributed by atoms with Gasteiger partial charge in [0, 0.05) is 27.2 Å². The fraction of sp³-hybridized carbons (Fsp3) is 0.556. The largest absolute Gasteiger partial charge is 0.449 e. The van der Waals surface area contributed by atoms with E-state index in [2.05, 4.69) is 6.92 Å². The second-order valence-corrected chi connectivity index (χ2v) is 8.83. The maximum Gasteiger partial charge on any atom is 0.338 e. The van der Waals surface area contributed by atoms with Gasteiger partial charge in [0.2, 0.25) is 10.0 Å². The third-order valence-electron chi connectivity index (χ3n) is 4.54. The summed E-state index contributed by atoms with van der Waals surface area (Å²) in [6.45, 7) is 4.64. The van der Waals surface area contributed by atoms with Crippen LogP contribution in [0.15, 0.2) is 29.2 Å². The molecule has 0 aliphatic carbocycles. The average molecular weight is 382 g/mol. The zero-order valence-corrected chi connectivity index (χ0v) is 16.5. The second kappa shape index (κ2) is 8.18. The molecule has 2 rings (SSSR count).